The highest BCUT2D eigenvalue weighted by Gasteiger charge is 2.30. The van der Waals surface area contributed by atoms with Crippen LogP contribution >= 0.6 is 0 Å². The highest BCUT2D eigenvalue weighted by atomic mass is 15.1. The Labute approximate surface area is 258 Å². The Morgan fingerprint density at radius 2 is 1.27 bits per heavy atom. The van der Waals surface area contributed by atoms with E-state index in [-0.39, 0.29) is 0 Å². The zero-order valence-electron chi connectivity index (χ0n) is 25.1. The maximum Gasteiger partial charge on any atom is 0.162 e. The lowest BCUT2D eigenvalue weighted by Crippen LogP contribution is -2.02. The van der Waals surface area contributed by atoms with Gasteiger partial charge in [-0.15, -0.1) is 0 Å². The molecule has 44 heavy (non-hydrogen) atoms. The van der Waals surface area contributed by atoms with Crippen molar-refractivity contribution in [2.45, 2.75) is 33.1 Å². The summed E-state index contributed by atoms with van der Waals surface area (Å²) >= 11 is 0. The van der Waals surface area contributed by atoms with Gasteiger partial charge in [0.1, 0.15) is 5.82 Å². The van der Waals surface area contributed by atoms with Crippen LogP contribution in [0.15, 0.2) is 127 Å². The molecule has 0 spiro atoms. The molecule has 0 bridgehead atoms. The molecule has 7 aromatic rings. The highest BCUT2D eigenvalue weighted by molar-refractivity contribution is 6.15. The molecule has 2 aliphatic carbocycles. The van der Waals surface area contributed by atoms with Gasteiger partial charge in [-0.05, 0) is 64.8 Å². The van der Waals surface area contributed by atoms with Crippen LogP contribution < -0.4 is 0 Å². The number of para-hydroxylation sites is 1. The molecule has 3 nitrogen and oxygen atoms in total. The van der Waals surface area contributed by atoms with E-state index in [4.69, 9.17) is 9.97 Å². The number of aromatic nitrogens is 3. The van der Waals surface area contributed by atoms with Gasteiger partial charge in [0.15, 0.2) is 5.82 Å². The lowest BCUT2D eigenvalue weighted by molar-refractivity contribution is 0.996. The molecule has 0 fully saturated rings. The van der Waals surface area contributed by atoms with Gasteiger partial charge in [-0.3, -0.25) is 4.57 Å². The predicted octanol–water partition coefficient (Wildman–Crippen LogP) is 10.3. The highest BCUT2D eigenvalue weighted by Crippen LogP contribution is 2.49. The van der Waals surface area contributed by atoms with Crippen molar-refractivity contribution in [3.63, 3.8) is 0 Å². The largest absolute Gasteiger partial charge is 0.294 e. The molecule has 2 aromatic heterocycles. The van der Waals surface area contributed by atoms with E-state index in [0.717, 1.165) is 47.7 Å². The Bertz CT molecular complexity index is 2150. The Hall–Kier alpha value is -5.28. The number of hydrogen-bond donors (Lipinski definition) is 0. The van der Waals surface area contributed by atoms with Crippen LogP contribution in [0.1, 0.15) is 42.5 Å². The molecule has 3 heteroatoms. The van der Waals surface area contributed by atoms with Gasteiger partial charge in [0.25, 0.3) is 0 Å². The SMILES string of the molecule is CC.c1ccc(-c2cc(-n3c4ccccc4c4c5c(ccc43)C3=C(C5)c4ccccc4CC3)nc(-c3ccccc3)n2)cc1. The molecule has 0 atom stereocenters. The van der Waals surface area contributed by atoms with Crippen molar-refractivity contribution >= 4 is 33.0 Å². The summed E-state index contributed by atoms with van der Waals surface area (Å²) in [6.07, 6.45) is 3.19. The van der Waals surface area contributed by atoms with E-state index in [2.05, 4.69) is 108 Å². The Morgan fingerprint density at radius 1 is 0.568 bits per heavy atom. The van der Waals surface area contributed by atoms with Crippen molar-refractivity contribution in [1.29, 1.82) is 0 Å². The first-order valence-corrected chi connectivity index (χ1v) is 15.7. The molecular formula is C41H33N3. The third-order valence-electron chi connectivity index (χ3n) is 9.02. The van der Waals surface area contributed by atoms with E-state index in [0.29, 0.717) is 0 Å². The fourth-order valence-electron chi connectivity index (χ4n) is 7.15. The van der Waals surface area contributed by atoms with Crippen molar-refractivity contribution in [2.75, 3.05) is 0 Å². The summed E-state index contributed by atoms with van der Waals surface area (Å²) in [4.78, 5) is 10.2. The van der Waals surface area contributed by atoms with E-state index < -0.39 is 0 Å². The predicted molar refractivity (Wildman–Crippen MR) is 184 cm³/mol. The van der Waals surface area contributed by atoms with Crippen LogP contribution in [0.25, 0.3) is 61.4 Å². The van der Waals surface area contributed by atoms with E-state index in [1.807, 2.05) is 38.1 Å². The molecule has 2 heterocycles. The second-order valence-electron chi connectivity index (χ2n) is 11.3. The number of benzene rings is 5. The summed E-state index contributed by atoms with van der Waals surface area (Å²) in [6.45, 7) is 4.00. The molecule has 0 aliphatic heterocycles. The minimum absolute atomic E-state index is 0.729. The van der Waals surface area contributed by atoms with Gasteiger partial charge in [-0.25, -0.2) is 9.97 Å². The fourth-order valence-corrected chi connectivity index (χ4v) is 7.15. The van der Waals surface area contributed by atoms with Gasteiger partial charge in [0.2, 0.25) is 0 Å². The van der Waals surface area contributed by atoms with Crippen LogP contribution in [0.5, 0.6) is 0 Å². The summed E-state index contributed by atoms with van der Waals surface area (Å²) in [5.41, 5.74) is 14.2. The lowest BCUT2D eigenvalue weighted by Gasteiger charge is -2.18. The van der Waals surface area contributed by atoms with Crippen LogP contribution in [0.4, 0.5) is 0 Å². The number of rotatable bonds is 3. The van der Waals surface area contributed by atoms with Crippen molar-refractivity contribution in [3.8, 4) is 28.5 Å². The van der Waals surface area contributed by atoms with E-state index in [9.17, 15) is 0 Å². The van der Waals surface area contributed by atoms with Crippen molar-refractivity contribution in [3.05, 3.63) is 150 Å². The molecule has 0 unspecified atom stereocenters. The summed E-state index contributed by atoms with van der Waals surface area (Å²) < 4.78 is 2.34. The van der Waals surface area contributed by atoms with E-state index >= 15 is 0 Å². The van der Waals surface area contributed by atoms with Crippen LogP contribution in [0, 0.1) is 0 Å². The molecule has 0 radical (unpaired) electrons. The lowest BCUT2D eigenvalue weighted by atomic mass is 9.86. The first-order valence-electron chi connectivity index (χ1n) is 15.7. The van der Waals surface area contributed by atoms with Gasteiger partial charge < -0.3 is 0 Å². The fraction of sp³-hybridized carbons (Fsp3) is 0.122. The second kappa shape index (κ2) is 10.8. The summed E-state index contributed by atoms with van der Waals surface area (Å²) in [5, 5.41) is 2.62. The number of hydrogen-bond acceptors (Lipinski definition) is 2. The monoisotopic (exact) mass is 567 g/mol. The molecule has 0 saturated heterocycles. The number of nitrogens with zero attached hydrogens (tertiary/aromatic N) is 3. The van der Waals surface area contributed by atoms with Gasteiger partial charge in [-0.1, -0.05) is 123 Å². The van der Waals surface area contributed by atoms with Crippen molar-refractivity contribution in [1.82, 2.24) is 14.5 Å². The smallest absolute Gasteiger partial charge is 0.162 e. The molecule has 2 aliphatic rings. The van der Waals surface area contributed by atoms with Gasteiger partial charge in [0, 0.05) is 28.0 Å². The van der Waals surface area contributed by atoms with Crippen molar-refractivity contribution in [2.24, 2.45) is 0 Å². The Balaban J connectivity index is 0.00000142. The zero-order valence-corrected chi connectivity index (χ0v) is 25.1. The van der Waals surface area contributed by atoms with E-state index in [1.54, 1.807) is 0 Å². The summed E-state index contributed by atoms with van der Waals surface area (Å²) in [6, 6.07) is 45.3. The molecule has 0 amide bonds. The van der Waals surface area contributed by atoms with E-state index in [1.165, 1.54) is 55.2 Å². The average Bonchev–Trinajstić information content (AvgIpc) is 3.66. The van der Waals surface area contributed by atoms with Gasteiger partial charge in [0.05, 0.1) is 16.7 Å². The standard InChI is InChI=1S/C39H27N3.C2H6/c1-3-12-26(13-4-1)34-24-37(41-39(40-34)27-14-5-2-6-15-27)42-35-18-10-9-17-31(35)38-33-23-32-28-16-8-7-11-25(28)19-20-29(32)30(33)21-22-36(38)42;1-2/h1-18,21-22,24H,19-20,23H2;1-2H3. The number of fused-ring (bicyclic) bond motifs is 8. The van der Waals surface area contributed by atoms with Crippen LogP contribution in [-0.4, -0.2) is 14.5 Å². The maximum atomic E-state index is 5.21. The molecule has 0 saturated carbocycles. The van der Waals surface area contributed by atoms with Gasteiger partial charge >= 0.3 is 0 Å². The topological polar surface area (TPSA) is 30.7 Å². The molecule has 212 valence electrons. The first kappa shape index (κ1) is 26.4. The molecule has 5 aromatic carbocycles. The normalized spacial score (nSPS) is 13.3. The van der Waals surface area contributed by atoms with Crippen LogP contribution in [-0.2, 0) is 12.8 Å². The minimum Gasteiger partial charge on any atom is -0.294 e. The van der Waals surface area contributed by atoms with Gasteiger partial charge in [-0.2, -0.15) is 0 Å². The second-order valence-corrected chi connectivity index (χ2v) is 11.3. The van der Waals surface area contributed by atoms with Crippen LogP contribution in [0.2, 0.25) is 0 Å². The third-order valence-corrected chi connectivity index (χ3v) is 9.02. The maximum absolute atomic E-state index is 5.21. The third kappa shape index (κ3) is 4.11. The Morgan fingerprint density at radius 3 is 2.09 bits per heavy atom. The van der Waals surface area contributed by atoms with Crippen molar-refractivity contribution < 1.29 is 0 Å². The first-order chi connectivity index (χ1) is 21.8. The quantitative estimate of drug-likeness (QED) is 0.213. The molecule has 9 rings (SSSR count). The average molecular weight is 568 g/mol. The molecule has 0 N–H and O–H groups in total. The van der Waals surface area contributed by atoms with Crippen LogP contribution in [0.3, 0.4) is 0 Å². The number of allylic oxidation sites excluding steroid dienone is 2. The Kier molecular flexibility index (Phi) is 6.45. The summed E-state index contributed by atoms with van der Waals surface area (Å²) in [7, 11) is 0. The minimum atomic E-state index is 0.729. The summed E-state index contributed by atoms with van der Waals surface area (Å²) in [5.74, 6) is 1.61. The number of aryl methyl sites for hydroxylation is 1. The zero-order chi connectivity index (χ0) is 29.6. The molecular weight excluding hydrogens is 534 g/mol.